The van der Waals surface area contributed by atoms with Crippen molar-refractivity contribution in [1.82, 2.24) is 9.88 Å². The summed E-state index contributed by atoms with van der Waals surface area (Å²) in [5.74, 6) is 0.757. The van der Waals surface area contributed by atoms with Gasteiger partial charge in [-0.25, -0.2) is 4.98 Å². The van der Waals surface area contributed by atoms with Crippen LogP contribution in [0.15, 0.2) is 48.7 Å². The van der Waals surface area contributed by atoms with Gasteiger partial charge in [0.25, 0.3) is 0 Å². The normalized spacial score (nSPS) is 16.3. The topological polar surface area (TPSA) is 36.4 Å². The van der Waals surface area contributed by atoms with E-state index < -0.39 is 11.7 Å². The second-order valence-electron chi connectivity index (χ2n) is 6.79. The molecule has 7 heteroatoms. The predicted octanol–water partition coefficient (Wildman–Crippen LogP) is 3.94. The van der Waals surface area contributed by atoms with Gasteiger partial charge in [-0.1, -0.05) is 37.3 Å². The number of rotatable bonds is 4. The summed E-state index contributed by atoms with van der Waals surface area (Å²) in [6.45, 7) is 4.25. The average Bonchev–Trinajstić information content (AvgIpc) is 2.68. The van der Waals surface area contributed by atoms with Crippen LogP contribution in [-0.2, 0) is 11.0 Å². The van der Waals surface area contributed by atoms with E-state index in [-0.39, 0.29) is 11.8 Å². The van der Waals surface area contributed by atoms with Gasteiger partial charge in [-0.3, -0.25) is 4.79 Å². The molecule has 0 radical (unpaired) electrons. The Morgan fingerprint density at radius 1 is 1.07 bits per heavy atom. The first-order chi connectivity index (χ1) is 12.8. The molecule has 1 atom stereocenters. The standard InChI is InChI=1S/C20H22F3N3O/c1-15(16-5-3-2-4-6-16)13-19(27)26-11-9-25(10-12-26)18-8-7-17(14-24-18)20(21,22)23/h2-8,14-15H,9-13H2,1H3. The lowest BCUT2D eigenvalue weighted by atomic mass is 9.97. The molecule has 1 aromatic carbocycles. The minimum Gasteiger partial charge on any atom is -0.353 e. The Morgan fingerprint density at radius 2 is 1.74 bits per heavy atom. The van der Waals surface area contributed by atoms with Crippen LogP contribution in [0, 0.1) is 0 Å². The lowest BCUT2D eigenvalue weighted by Crippen LogP contribution is -2.49. The van der Waals surface area contributed by atoms with E-state index in [9.17, 15) is 18.0 Å². The van der Waals surface area contributed by atoms with Gasteiger partial charge in [-0.15, -0.1) is 0 Å². The van der Waals surface area contributed by atoms with Crippen LogP contribution >= 0.6 is 0 Å². The molecule has 1 amide bonds. The molecule has 1 saturated heterocycles. The van der Waals surface area contributed by atoms with Crippen molar-refractivity contribution in [3.8, 4) is 0 Å². The summed E-state index contributed by atoms with van der Waals surface area (Å²) >= 11 is 0. The smallest absolute Gasteiger partial charge is 0.353 e. The summed E-state index contributed by atoms with van der Waals surface area (Å²) in [6, 6.07) is 12.3. The number of aromatic nitrogens is 1. The zero-order chi connectivity index (χ0) is 19.4. The van der Waals surface area contributed by atoms with Gasteiger partial charge < -0.3 is 9.80 Å². The highest BCUT2D eigenvalue weighted by Crippen LogP contribution is 2.29. The summed E-state index contributed by atoms with van der Waals surface area (Å²) in [7, 11) is 0. The second kappa shape index (κ2) is 7.98. The molecule has 2 aromatic rings. The van der Waals surface area contributed by atoms with Crippen molar-refractivity contribution in [3.05, 3.63) is 59.8 Å². The fourth-order valence-electron chi connectivity index (χ4n) is 3.22. The van der Waals surface area contributed by atoms with Crippen molar-refractivity contribution in [2.75, 3.05) is 31.1 Å². The van der Waals surface area contributed by atoms with Crippen molar-refractivity contribution in [2.24, 2.45) is 0 Å². The molecule has 0 saturated carbocycles. The number of alkyl halides is 3. The van der Waals surface area contributed by atoms with Gasteiger partial charge in [0.1, 0.15) is 5.82 Å². The zero-order valence-corrected chi connectivity index (χ0v) is 15.1. The van der Waals surface area contributed by atoms with E-state index in [0.29, 0.717) is 38.4 Å². The first-order valence-electron chi connectivity index (χ1n) is 8.95. The molecular formula is C20H22F3N3O. The maximum absolute atomic E-state index is 12.6. The maximum atomic E-state index is 12.6. The van der Waals surface area contributed by atoms with Gasteiger partial charge in [0.05, 0.1) is 5.56 Å². The number of hydrogen-bond donors (Lipinski definition) is 0. The van der Waals surface area contributed by atoms with Gasteiger partial charge in [-0.2, -0.15) is 13.2 Å². The number of carbonyl (C=O) groups excluding carboxylic acids is 1. The highest BCUT2D eigenvalue weighted by molar-refractivity contribution is 5.77. The van der Waals surface area contributed by atoms with Crippen molar-refractivity contribution in [3.63, 3.8) is 0 Å². The van der Waals surface area contributed by atoms with E-state index >= 15 is 0 Å². The second-order valence-corrected chi connectivity index (χ2v) is 6.79. The van der Waals surface area contributed by atoms with Gasteiger partial charge in [0.2, 0.25) is 5.91 Å². The highest BCUT2D eigenvalue weighted by Gasteiger charge is 2.31. The Morgan fingerprint density at radius 3 is 2.30 bits per heavy atom. The van der Waals surface area contributed by atoms with Crippen LogP contribution in [-0.4, -0.2) is 42.0 Å². The van der Waals surface area contributed by atoms with Crippen molar-refractivity contribution in [2.45, 2.75) is 25.4 Å². The van der Waals surface area contributed by atoms with Crippen molar-refractivity contribution in [1.29, 1.82) is 0 Å². The van der Waals surface area contributed by atoms with Crippen LogP contribution in [0.2, 0.25) is 0 Å². The Balaban J connectivity index is 1.53. The van der Waals surface area contributed by atoms with Crippen LogP contribution in [0.1, 0.15) is 30.4 Å². The monoisotopic (exact) mass is 377 g/mol. The number of nitrogens with zero attached hydrogens (tertiary/aromatic N) is 3. The molecule has 0 aliphatic carbocycles. The molecule has 1 fully saturated rings. The van der Waals surface area contributed by atoms with E-state index in [0.717, 1.165) is 17.8 Å². The third-order valence-corrected chi connectivity index (χ3v) is 4.88. The third-order valence-electron chi connectivity index (χ3n) is 4.88. The predicted molar refractivity (Wildman–Crippen MR) is 97.5 cm³/mol. The molecule has 3 rings (SSSR count). The molecule has 4 nitrogen and oxygen atoms in total. The minimum atomic E-state index is -4.38. The summed E-state index contributed by atoms with van der Waals surface area (Å²) in [4.78, 5) is 20.2. The molecule has 0 spiro atoms. The first-order valence-corrected chi connectivity index (χ1v) is 8.95. The Bertz CT molecular complexity index is 754. The SMILES string of the molecule is CC(CC(=O)N1CCN(c2ccc(C(F)(F)F)cn2)CC1)c1ccccc1. The largest absolute Gasteiger partial charge is 0.417 e. The molecule has 27 heavy (non-hydrogen) atoms. The molecule has 1 aliphatic heterocycles. The number of benzene rings is 1. The first kappa shape index (κ1) is 19.2. The number of piperazine rings is 1. The van der Waals surface area contributed by atoms with E-state index in [1.807, 2.05) is 47.1 Å². The Labute approximate surface area is 156 Å². The highest BCUT2D eigenvalue weighted by atomic mass is 19.4. The Kier molecular flexibility index (Phi) is 5.68. The van der Waals surface area contributed by atoms with E-state index in [2.05, 4.69) is 4.98 Å². The van der Waals surface area contributed by atoms with Gasteiger partial charge in [0, 0.05) is 38.8 Å². The molecule has 1 aliphatic rings. The van der Waals surface area contributed by atoms with Crippen LogP contribution in [0.5, 0.6) is 0 Å². The molecule has 144 valence electrons. The number of pyridine rings is 1. The van der Waals surface area contributed by atoms with E-state index in [4.69, 9.17) is 0 Å². The quantitative estimate of drug-likeness (QED) is 0.810. The fraction of sp³-hybridized carbons (Fsp3) is 0.400. The summed E-state index contributed by atoms with van der Waals surface area (Å²) < 4.78 is 37.9. The van der Waals surface area contributed by atoms with E-state index in [1.165, 1.54) is 6.07 Å². The molecule has 0 N–H and O–H groups in total. The molecule has 2 heterocycles. The summed E-state index contributed by atoms with van der Waals surface area (Å²) in [6.07, 6.45) is -3.08. The van der Waals surface area contributed by atoms with Gasteiger partial charge in [0.15, 0.2) is 0 Å². The minimum absolute atomic E-state index is 0.103. The number of hydrogen-bond acceptors (Lipinski definition) is 3. The number of amides is 1. The van der Waals surface area contributed by atoms with Crippen LogP contribution in [0.4, 0.5) is 19.0 Å². The third kappa shape index (κ3) is 4.78. The fourth-order valence-corrected chi connectivity index (χ4v) is 3.22. The van der Waals surface area contributed by atoms with Crippen LogP contribution in [0.25, 0.3) is 0 Å². The molecule has 1 aromatic heterocycles. The average molecular weight is 377 g/mol. The number of anilines is 1. The zero-order valence-electron chi connectivity index (χ0n) is 15.1. The molecule has 1 unspecified atom stereocenters. The van der Waals surface area contributed by atoms with Crippen molar-refractivity contribution < 1.29 is 18.0 Å². The lowest BCUT2D eigenvalue weighted by Gasteiger charge is -2.36. The summed E-state index contributed by atoms with van der Waals surface area (Å²) in [5.41, 5.74) is 0.383. The lowest BCUT2D eigenvalue weighted by molar-refractivity contribution is -0.138. The van der Waals surface area contributed by atoms with Gasteiger partial charge >= 0.3 is 6.18 Å². The van der Waals surface area contributed by atoms with Crippen LogP contribution in [0.3, 0.4) is 0 Å². The molecule has 0 bridgehead atoms. The van der Waals surface area contributed by atoms with Crippen LogP contribution < -0.4 is 4.90 Å². The number of carbonyl (C=O) groups is 1. The molecular weight excluding hydrogens is 355 g/mol. The maximum Gasteiger partial charge on any atom is 0.417 e. The van der Waals surface area contributed by atoms with E-state index in [1.54, 1.807) is 0 Å². The number of halogens is 3. The van der Waals surface area contributed by atoms with Gasteiger partial charge in [-0.05, 0) is 23.6 Å². The summed E-state index contributed by atoms with van der Waals surface area (Å²) in [5, 5.41) is 0. The Hall–Kier alpha value is -2.57. The van der Waals surface area contributed by atoms with Crippen molar-refractivity contribution >= 4 is 11.7 Å².